The average Bonchev–Trinajstić information content (AvgIpc) is 3.11. The van der Waals surface area contributed by atoms with E-state index >= 15 is 0 Å². The molecule has 1 aliphatic rings. The zero-order valence-corrected chi connectivity index (χ0v) is 18.0. The highest BCUT2D eigenvalue weighted by Gasteiger charge is 2.51. The highest BCUT2D eigenvalue weighted by Crippen LogP contribution is 2.39. The van der Waals surface area contributed by atoms with E-state index in [2.05, 4.69) is 19.1 Å². The molecule has 3 rings (SSSR count). The van der Waals surface area contributed by atoms with Gasteiger partial charge in [0.15, 0.2) is 0 Å². The molecule has 5 heteroatoms. The van der Waals surface area contributed by atoms with Gasteiger partial charge in [-0.05, 0) is 61.1 Å². The summed E-state index contributed by atoms with van der Waals surface area (Å²) in [5.41, 5.74) is 2.95. The molecule has 0 N–H and O–H groups in total. The highest BCUT2D eigenvalue weighted by molar-refractivity contribution is 6.04. The van der Waals surface area contributed by atoms with Gasteiger partial charge in [0, 0.05) is 6.42 Å². The lowest BCUT2D eigenvalue weighted by Crippen LogP contribution is -2.53. The summed E-state index contributed by atoms with van der Waals surface area (Å²) in [6.07, 6.45) is 3.51. The van der Waals surface area contributed by atoms with Gasteiger partial charge in [-0.25, -0.2) is 9.59 Å². The lowest BCUT2D eigenvalue weighted by molar-refractivity contribution is -0.180. The maximum Gasteiger partial charge on any atom is 0.362 e. The number of carbonyl (C=O) groups is 2. The normalized spacial score (nSPS) is 12.1. The fourth-order valence-electron chi connectivity index (χ4n) is 3.93. The van der Waals surface area contributed by atoms with Crippen molar-refractivity contribution >= 4 is 11.9 Å². The van der Waals surface area contributed by atoms with Gasteiger partial charge in [-0.2, -0.15) is 0 Å². The van der Waals surface area contributed by atoms with Gasteiger partial charge in [-0.15, -0.1) is 0 Å². The van der Waals surface area contributed by atoms with Gasteiger partial charge in [0.2, 0.25) is 0 Å². The van der Waals surface area contributed by atoms with E-state index in [0.717, 1.165) is 30.4 Å². The molecule has 0 unspecified atom stereocenters. The number of hydrogen-bond donors (Lipinski definition) is 0. The first kappa shape index (κ1) is 21.9. The third-order valence-electron chi connectivity index (χ3n) is 5.40. The van der Waals surface area contributed by atoms with E-state index in [-0.39, 0.29) is 19.6 Å². The first-order valence-electron chi connectivity index (χ1n) is 10.8. The van der Waals surface area contributed by atoms with Crippen molar-refractivity contribution in [3.05, 3.63) is 53.6 Å². The van der Waals surface area contributed by atoms with Gasteiger partial charge in [0.05, 0.1) is 13.2 Å². The smallest absolute Gasteiger partial charge is 0.362 e. The Morgan fingerprint density at radius 3 is 2.20 bits per heavy atom. The summed E-state index contributed by atoms with van der Waals surface area (Å²) in [5.74, 6) is -0.911. The van der Waals surface area contributed by atoms with Crippen molar-refractivity contribution in [2.75, 3.05) is 13.2 Å². The molecule has 0 saturated heterocycles. The number of ether oxygens (including phenoxy) is 3. The fraction of sp³-hybridized carbons (Fsp3) is 0.440. The van der Waals surface area contributed by atoms with Gasteiger partial charge in [0.1, 0.15) is 5.75 Å². The van der Waals surface area contributed by atoms with Gasteiger partial charge < -0.3 is 14.2 Å². The van der Waals surface area contributed by atoms with Crippen LogP contribution in [0.25, 0.3) is 11.1 Å². The van der Waals surface area contributed by atoms with Crippen LogP contribution >= 0.6 is 0 Å². The predicted molar refractivity (Wildman–Crippen MR) is 115 cm³/mol. The van der Waals surface area contributed by atoms with Crippen LogP contribution in [0, 0.1) is 0 Å². The summed E-state index contributed by atoms with van der Waals surface area (Å²) in [5, 5.41) is 0. The van der Waals surface area contributed by atoms with E-state index in [1.54, 1.807) is 13.8 Å². The van der Waals surface area contributed by atoms with E-state index in [1.165, 1.54) is 11.1 Å². The third-order valence-corrected chi connectivity index (χ3v) is 5.40. The number of carbonyl (C=O) groups excluding carboxylic acids is 2. The van der Waals surface area contributed by atoms with Crippen LogP contribution in [-0.2, 0) is 25.5 Å². The van der Waals surface area contributed by atoms with Crippen LogP contribution in [0.3, 0.4) is 0 Å². The van der Waals surface area contributed by atoms with Crippen molar-refractivity contribution in [2.24, 2.45) is 0 Å². The monoisotopic (exact) mass is 410 g/mol. The quantitative estimate of drug-likeness (QED) is 0.265. The Morgan fingerprint density at radius 1 is 0.867 bits per heavy atom. The maximum absolute atomic E-state index is 12.9. The molecule has 0 spiro atoms. The van der Waals surface area contributed by atoms with Crippen molar-refractivity contribution in [2.45, 2.75) is 58.5 Å². The molecule has 1 aliphatic carbocycles. The van der Waals surface area contributed by atoms with Crippen LogP contribution in [-0.4, -0.2) is 30.8 Å². The van der Waals surface area contributed by atoms with Crippen molar-refractivity contribution < 1.29 is 23.8 Å². The van der Waals surface area contributed by atoms with Gasteiger partial charge >= 0.3 is 17.5 Å². The van der Waals surface area contributed by atoms with E-state index in [0.29, 0.717) is 12.2 Å². The maximum atomic E-state index is 12.9. The number of hydrogen-bond acceptors (Lipinski definition) is 5. The topological polar surface area (TPSA) is 61.8 Å². The molecular formula is C25H30O5. The van der Waals surface area contributed by atoms with Crippen molar-refractivity contribution in [3.63, 3.8) is 0 Å². The van der Waals surface area contributed by atoms with E-state index in [4.69, 9.17) is 14.2 Å². The number of rotatable bonds is 10. The molecule has 0 aromatic heterocycles. The van der Waals surface area contributed by atoms with Crippen LogP contribution < -0.4 is 4.74 Å². The van der Waals surface area contributed by atoms with Crippen LogP contribution in [0.15, 0.2) is 42.5 Å². The second-order valence-electron chi connectivity index (χ2n) is 7.48. The van der Waals surface area contributed by atoms with Crippen molar-refractivity contribution in [3.8, 4) is 16.9 Å². The summed E-state index contributed by atoms with van der Waals surface area (Å²) in [6.45, 7) is 5.82. The zero-order chi connectivity index (χ0) is 21.6. The highest BCUT2D eigenvalue weighted by atomic mass is 16.6. The van der Waals surface area contributed by atoms with Crippen molar-refractivity contribution in [1.29, 1.82) is 0 Å². The second kappa shape index (κ2) is 9.79. The summed E-state index contributed by atoms with van der Waals surface area (Å²) >= 11 is 0. The summed E-state index contributed by atoms with van der Waals surface area (Å²) in [7, 11) is 0. The van der Waals surface area contributed by atoms with Crippen LogP contribution in [0.5, 0.6) is 5.75 Å². The number of unbranched alkanes of at least 4 members (excludes halogenated alkanes) is 2. The standard InChI is InChI=1S/C25H30O5/c1-4-7-10-15-25(23(26)28-5-2,24(27)29-6-3)30-20-13-14-22-19(17-20)16-18-11-8-9-12-21(18)22/h8-9,11-14,17H,4-7,10,15-16H2,1-3H3. The molecule has 30 heavy (non-hydrogen) atoms. The zero-order valence-electron chi connectivity index (χ0n) is 18.0. The summed E-state index contributed by atoms with van der Waals surface area (Å²) < 4.78 is 16.7. The molecule has 0 heterocycles. The Hall–Kier alpha value is -2.82. The molecule has 0 saturated carbocycles. The summed E-state index contributed by atoms with van der Waals surface area (Å²) in [6, 6.07) is 14.0. The molecule has 0 bridgehead atoms. The SMILES string of the molecule is CCCCCC(Oc1ccc2c(c1)Cc1ccccc1-2)(C(=O)OCC)C(=O)OCC. The van der Waals surface area contributed by atoms with Crippen molar-refractivity contribution in [1.82, 2.24) is 0 Å². The molecule has 0 atom stereocenters. The Labute approximate surface area is 178 Å². The van der Waals surface area contributed by atoms with Gasteiger partial charge in [-0.3, -0.25) is 0 Å². The fourth-order valence-corrected chi connectivity index (χ4v) is 3.93. The molecule has 160 valence electrons. The van der Waals surface area contributed by atoms with E-state index in [9.17, 15) is 9.59 Å². The Bertz CT molecular complexity index is 884. The molecule has 0 radical (unpaired) electrons. The van der Waals surface area contributed by atoms with Gasteiger partial charge in [-0.1, -0.05) is 50.1 Å². The number of benzene rings is 2. The largest absolute Gasteiger partial charge is 0.464 e. The molecule has 0 amide bonds. The predicted octanol–water partition coefficient (Wildman–Crippen LogP) is 5.08. The first-order chi connectivity index (χ1) is 14.6. The number of esters is 2. The van der Waals surface area contributed by atoms with E-state index < -0.39 is 17.5 Å². The average molecular weight is 411 g/mol. The Balaban J connectivity index is 1.94. The van der Waals surface area contributed by atoms with Crippen LogP contribution in [0.2, 0.25) is 0 Å². The Kier molecular flexibility index (Phi) is 7.14. The number of fused-ring (bicyclic) bond motifs is 3. The molecule has 5 nitrogen and oxygen atoms in total. The second-order valence-corrected chi connectivity index (χ2v) is 7.48. The summed E-state index contributed by atoms with van der Waals surface area (Å²) in [4.78, 5) is 25.9. The minimum absolute atomic E-state index is 0.163. The molecule has 2 aromatic rings. The molecule has 2 aromatic carbocycles. The molecular weight excluding hydrogens is 380 g/mol. The Morgan fingerprint density at radius 2 is 1.53 bits per heavy atom. The lowest BCUT2D eigenvalue weighted by atomic mass is 9.95. The molecule has 0 aliphatic heterocycles. The third kappa shape index (κ3) is 4.35. The minimum atomic E-state index is -1.79. The lowest BCUT2D eigenvalue weighted by Gasteiger charge is -2.30. The minimum Gasteiger partial charge on any atom is -0.464 e. The van der Waals surface area contributed by atoms with E-state index in [1.807, 2.05) is 30.3 Å². The van der Waals surface area contributed by atoms with Crippen LogP contribution in [0.1, 0.15) is 57.6 Å². The first-order valence-corrected chi connectivity index (χ1v) is 10.8. The molecule has 0 fully saturated rings. The van der Waals surface area contributed by atoms with Crippen LogP contribution in [0.4, 0.5) is 0 Å². The van der Waals surface area contributed by atoms with Gasteiger partial charge in [0.25, 0.3) is 0 Å².